The highest BCUT2D eigenvalue weighted by molar-refractivity contribution is 7.88. The number of aryl methyl sites for hydroxylation is 1. The second-order valence-corrected chi connectivity index (χ2v) is 7.99. The average Bonchev–Trinajstić information content (AvgIpc) is 2.55. The van der Waals surface area contributed by atoms with Crippen molar-refractivity contribution in [2.75, 3.05) is 13.1 Å². The number of hydrogen-bond acceptors (Lipinski definition) is 4. The molecule has 1 aromatic carbocycles. The quantitative estimate of drug-likeness (QED) is 0.863. The van der Waals surface area contributed by atoms with Gasteiger partial charge in [0.25, 0.3) is 0 Å². The SMILES string of the molecule is Cc1cncc([C@H]2CCCN(S(=O)(=O)Cc3ccccc3)C2)n1. The van der Waals surface area contributed by atoms with Crippen molar-refractivity contribution in [1.29, 1.82) is 0 Å². The van der Waals surface area contributed by atoms with E-state index in [2.05, 4.69) is 9.97 Å². The van der Waals surface area contributed by atoms with Crippen molar-refractivity contribution in [3.8, 4) is 0 Å². The summed E-state index contributed by atoms with van der Waals surface area (Å²) in [5, 5.41) is 0. The maximum absolute atomic E-state index is 12.7. The van der Waals surface area contributed by atoms with Gasteiger partial charge in [0.2, 0.25) is 10.0 Å². The van der Waals surface area contributed by atoms with Crippen molar-refractivity contribution in [2.45, 2.75) is 31.4 Å². The van der Waals surface area contributed by atoms with Crippen LogP contribution in [0, 0.1) is 6.92 Å². The second kappa shape index (κ2) is 6.76. The largest absolute Gasteiger partial charge is 0.261 e. The van der Waals surface area contributed by atoms with Crippen molar-refractivity contribution in [3.63, 3.8) is 0 Å². The van der Waals surface area contributed by atoms with Crippen LogP contribution in [0.15, 0.2) is 42.7 Å². The van der Waals surface area contributed by atoms with E-state index in [1.54, 1.807) is 16.7 Å². The Kier molecular flexibility index (Phi) is 4.73. The molecule has 6 heteroatoms. The Morgan fingerprint density at radius 1 is 1.22 bits per heavy atom. The Balaban J connectivity index is 1.75. The third-order valence-electron chi connectivity index (χ3n) is 4.16. The van der Waals surface area contributed by atoms with E-state index >= 15 is 0 Å². The Morgan fingerprint density at radius 2 is 2.00 bits per heavy atom. The zero-order valence-corrected chi connectivity index (χ0v) is 14.0. The van der Waals surface area contributed by atoms with Crippen molar-refractivity contribution >= 4 is 10.0 Å². The number of rotatable bonds is 4. The zero-order valence-electron chi connectivity index (χ0n) is 13.2. The van der Waals surface area contributed by atoms with Crippen LogP contribution in [0.2, 0.25) is 0 Å². The number of benzene rings is 1. The average molecular weight is 331 g/mol. The first kappa shape index (κ1) is 16.1. The van der Waals surface area contributed by atoms with E-state index < -0.39 is 10.0 Å². The third kappa shape index (κ3) is 3.95. The van der Waals surface area contributed by atoms with Gasteiger partial charge in [-0.1, -0.05) is 30.3 Å². The third-order valence-corrected chi connectivity index (χ3v) is 5.98. The number of nitrogens with zero attached hydrogens (tertiary/aromatic N) is 3. The van der Waals surface area contributed by atoms with Crippen molar-refractivity contribution in [1.82, 2.24) is 14.3 Å². The molecule has 0 radical (unpaired) electrons. The molecule has 0 bridgehead atoms. The van der Waals surface area contributed by atoms with E-state index in [1.807, 2.05) is 37.3 Å². The molecule has 122 valence electrons. The fourth-order valence-corrected chi connectivity index (χ4v) is 4.60. The predicted molar refractivity (Wildman–Crippen MR) is 89.4 cm³/mol. The van der Waals surface area contributed by atoms with Crippen LogP contribution in [0.25, 0.3) is 0 Å². The second-order valence-electron chi connectivity index (χ2n) is 6.02. The summed E-state index contributed by atoms with van der Waals surface area (Å²) in [6.45, 7) is 2.99. The van der Waals surface area contributed by atoms with Crippen molar-refractivity contribution in [2.24, 2.45) is 0 Å². The van der Waals surface area contributed by atoms with Gasteiger partial charge in [0, 0.05) is 31.4 Å². The molecule has 0 amide bonds. The molecule has 23 heavy (non-hydrogen) atoms. The topological polar surface area (TPSA) is 63.2 Å². The van der Waals surface area contributed by atoms with Gasteiger partial charge in [-0.2, -0.15) is 0 Å². The van der Waals surface area contributed by atoms with Gasteiger partial charge in [-0.25, -0.2) is 12.7 Å². The molecule has 1 saturated heterocycles. The van der Waals surface area contributed by atoms with E-state index in [1.165, 1.54) is 0 Å². The van der Waals surface area contributed by atoms with Gasteiger partial charge in [-0.3, -0.25) is 9.97 Å². The number of sulfonamides is 1. The molecule has 0 spiro atoms. The Morgan fingerprint density at radius 3 is 2.74 bits per heavy atom. The molecule has 0 aliphatic carbocycles. The molecule has 1 aliphatic rings. The molecule has 3 rings (SSSR count). The molecular formula is C17H21N3O2S. The Hall–Kier alpha value is -1.79. The van der Waals surface area contributed by atoms with Gasteiger partial charge in [-0.15, -0.1) is 0 Å². The van der Waals surface area contributed by atoms with E-state index in [9.17, 15) is 8.42 Å². The molecule has 1 atom stereocenters. The van der Waals surface area contributed by atoms with Crippen molar-refractivity contribution < 1.29 is 8.42 Å². The summed E-state index contributed by atoms with van der Waals surface area (Å²) in [7, 11) is -3.30. The predicted octanol–water partition coefficient (Wildman–Crippen LogP) is 2.49. The molecule has 1 fully saturated rings. The highest BCUT2D eigenvalue weighted by atomic mass is 32.2. The lowest BCUT2D eigenvalue weighted by Crippen LogP contribution is -2.40. The molecule has 1 aliphatic heterocycles. The van der Waals surface area contributed by atoms with Gasteiger partial charge >= 0.3 is 0 Å². The lowest BCUT2D eigenvalue weighted by atomic mass is 9.96. The monoisotopic (exact) mass is 331 g/mol. The van der Waals surface area contributed by atoms with E-state index in [0.717, 1.165) is 29.8 Å². The maximum Gasteiger partial charge on any atom is 0.218 e. The summed E-state index contributed by atoms with van der Waals surface area (Å²) in [6.07, 6.45) is 5.28. The fourth-order valence-electron chi connectivity index (χ4n) is 2.99. The highest BCUT2D eigenvalue weighted by Gasteiger charge is 2.30. The first-order valence-electron chi connectivity index (χ1n) is 7.85. The minimum atomic E-state index is -3.30. The highest BCUT2D eigenvalue weighted by Crippen LogP contribution is 2.27. The summed E-state index contributed by atoms with van der Waals surface area (Å²) < 4.78 is 27.0. The Bertz CT molecular complexity index is 762. The fraction of sp³-hybridized carbons (Fsp3) is 0.412. The van der Waals surface area contributed by atoms with E-state index in [4.69, 9.17) is 0 Å². The summed E-state index contributed by atoms with van der Waals surface area (Å²) >= 11 is 0. The summed E-state index contributed by atoms with van der Waals surface area (Å²) in [5.74, 6) is 0.182. The van der Waals surface area contributed by atoms with E-state index in [0.29, 0.717) is 13.1 Å². The van der Waals surface area contributed by atoms with Crippen LogP contribution < -0.4 is 0 Å². The van der Waals surface area contributed by atoms with Crippen LogP contribution in [0.4, 0.5) is 0 Å². The van der Waals surface area contributed by atoms with Crippen LogP contribution in [-0.2, 0) is 15.8 Å². The molecule has 0 saturated carbocycles. The first-order chi connectivity index (χ1) is 11.0. The minimum absolute atomic E-state index is 0.0556. The van der Waals surface area contributed by atoms with E-state index in [-0.39, 0.29) is 11.7 Å². The lowest BCUT2D eigenvalue weighted by Gasteiger charge is -2.31. The standard InChI is InChI=1S/C17H21N3O2S/c1-14-10-18-11-17(19-14)16-8-5-9-20(12-16)23(21,22)13-15-6-3-2-4-7-15/h2-4,6-7,10-11,16H,5,8-9,12-13H2,1H3/t16-/m0/s1. The first-order valence-corrected chi connectivity index (χ1v) is 9.46. The van der Waals surface area contributed by atoms with Gasteiger partial charge in [0.15, 0.2) is 0 Å². The number of aromatic nitrogens is 2. The summed E-state index contributed by atoms with van der Waals surface area (Å²) in [5.41, 5.74) is 2.58. The smallest absolute Gasteiger partial charge is 0.218 e. The van der Waals surface area contributed by atoms with Crippen LogP contribution in [0.1, 0.15) is 35.7 Å². The molecule has 0 N–H and O–H groups in total. The minimum Gasteiger partial charge on any atom is -0.261 e. The van der Waals surface area contributed by atoms with Gasteiger partial charge in [0.05, 0.1) is 17.1 Å². The molecular weight excluding hydrogens is 310 g/mol. The zero-order chi connectivity index (χ0) is 16.3. The lowest BCUT2D eigenvalue weighted by molar-refractivity contribution is 0.312. The van der Waals surface area contributed by atoms with Crippen molar-refractivity contribution in [3.05, 3.63) is 59.7 Å². The normalized spacial score (nSPS) is 19.6. The van der Waals surface area contributed by atoms with Crippen LogP contribution in [-0.4, -0.2) is 35.8 Å². The van der Waals surface area contributed by atoms with Gasteiger partial charge < -0.3 is 0 Å². The van der Waals surface area contributed by atoms with Crippen LogP contribution in [0.5, 0.6) is 0 Å². The van der Waals surface area contributed by atoms with Crippen LogP contribution >= 0.6 is 0 Å². The van der Waals surface area contributed by atoms with Gasteiger partial charge in [0.1, 0.15) is 0 Å². The maximum atomic E-state index is 12.7. The molecule has 2 heterocycles. The van der Waals surface area contributed by atoms with Gasteiger partial charge in [-0.05, 0) is 25.3 Å². The van der Waals surface area contributed by atoms with Crippen LogP contribution in [0.3, 0.4) is 0 Å². The molecule has 5 nitrogen and oxygen atoms in total. The summed E-state index contributed by atoms with van der Waals surface area (Å²) in [4.78, 5) is 8.70. The molecule has 1 aromatic heterocycles. The number of piperidine rings is 1. The number of hydrogen-bond donors (Lipinski definition) is 0. The summed E-state index contributed by atoms with van der Waals surface area (Å²) in [6, 6.07) is 9.33. The Labute approximate surface area is 137 Å². The molecule has 0 unspecified atom stereocenters. The molecule has 2 aromatic rings.